The van der Waals surface area contributed by atoms with Gasteiger partial charge in [0.2, 0.25) is 0 Å². The number of urea groups is 1. The molecule has 27 heavy (non-hydrogen) atoms. The lowest BCUT2D eigenvalue weighted by Crippen LogP contribution is -2.45. The fourth-order valence-corrected chi connectivity index (χ4v) is 3.29. The van der Waals surface area contributed by atoms with E-state index >= 15 is 0 Å². The largest absolute Gasteiger partial charge is 0.497 e. The highest BCUT2D eigenvalue weighted by molar-refractivity contribution is 6.06. The van der Waals surface area contributed by atoms with Crippen molar-refractivity contribution < 1.29 is 14.3 Å². The van der Waals surface area contributed by atoms with E-state index in [1.807, 2.05) is 44.2 Å². The molecule has 0 saturated carbocycles. The van der Waals surface area contributed by atoms with Gasteiger partial charge in [0.25, 0.3) is 5.91 Å². The van der Waals surface area contributed by atoms with Crippen molar-refractivity contribution in [2.24, 2.45) is 0 Å². The van der Waals surface area contributed by atoms with Crippen LogP contribution in [-0.2, 0) is 4.79 Å². The summed E-state index contributed by atoms with van der Waals surface area (Å²) < 4.78 is 5.18. The Balaban J connectivity index is 1.94. The van der Waals surface area contributed by atoms with Gasteiger partial charge in [0, 0.05) is 11.4 Å². The fraction of sp³-hybridized carbons (Fsp3) is 0.238. The third kappa shape index (κ3) is 4.11. The first-order valence-electron chi connectivity index (χ1n) is 8.69. The Hall–Kier alpha value is -3.28. The van der Waals surface area contributed by atoms with Gasteiger partial charge in [0.1, 0.15) is 5.75 Å². The van der Waals surface area contributed by atoms with Crippen LogP contribution in [0.3, 0.4) is 0 Å². The van der Waals surface area contributed by atoms with E-state index < -0.39 is 6.04 Å². The van der Waals surface area contributed by atoms with Crippen LogP contribution in [0.4, 0.5) is 10.5 Å². The summed E-state index contributed by atoms with van der Waals surface area (Å²) in [7, 11) is 1.59. The summed E-state index contributed by atoms with van der Waals surface area (Å²) in [5.41, 5.74) is 4.66. The summed E-state index contributed by atoms with van der Waals surface area (Å²) >= 11 is 0. The SMILES string of the molecule is COc1ccc([C@H]2NC(=O)NC(C)=C2C(=O)Nc2cc(C)cc(C)c2)cc1. The Morgan fingerprint density at radius 2 is 1.67 bits per heavy atom. The molecule has 6 nitrogen and oxygen atoms in total. The van der Waals surface area contributed by atoms with Gasteiger partial charge in [-0.3, -0.25) is 4.79 Å². The highest BCUT2D eigenvalue weighted by Gasteiger charge is 2.31. The number of benzene rings is 2. The number of carbonyl (C=O) groups excluding carboxylic acids is 2. The van der Waals surface area contributed by atoms with Crippen molar-refractivity contribution in [1.82, 2.24) is 10.6 Å². The zero-order valence-corrected chi connectivity index (χ0v) is 15.8. The number of hydrogen-bond acceptors (Lipinski definition) is 3. The number of rotatable bonds is 4. The number of anilines is 1. The van der Waals surface area contributed by atoms with Crippen molar-refractivity contribution >= 4 is 17.6 Å². The summed E-state index contributed by atoms with van der Waals surface area (Å²) in [4.78, 5) is 25.0. The third-order valence-electron chi connectivity index (χ3n) is 4.44. The number of allylic oxidation sites excluding steroid dienone is 1. The van der Waals surface area contributed by atoms with E-state index in [-0.39, 0.29) is 11.9 Å². The molecule has 3 rings (SSSR count). The average molecular weight is 365 g/mol. The average Bonchev–Trinajstić information content (AvgIpc) is 2.60. The number of aryl methyl sites for hydroxylation is 2. The van der Waals surface area contributed by atoms with Crippen LogP contribution >= 0.6 is 0 Å². The summed E-state index contributed by atoms with van der Waals surface area (Å²) in [5, 5.41) is 8.46. The Labute approximate surface area is 158 Å². The maximum absolute atomic E-state index is 13.0. The van der Waals surface area contributed by atoms with Gasteiger partial charge in [-0.25, -0.2) is 4.79 Å². The maximum Gasteiger partial charge on any atom is 0.319 e. The topological polar surface area (TPSA) is 79.5 Å². The quantitative estimate of drug-likeness (QED) is 0.775. The molecule has 6 heteroatoms. The number of amides is 3. The smallest absolute Gasteiger partial charge is 0.319 e. The highest BCUT2D eigenvalue weighted by atomic mass is 16.5. The van der Waals surface area contributed by atoms with Gasteiger partial charge < -0.3 is 20.7 Å². The molecule has 2 aromatic carbocycles. The number of hydrogen-bond donors (Lipinski definition) is 3. The molecule has 1 aliphatic heterocycles. The molecule has 0 radical (unpaired) electrons. The zero-order valence-electron chi connectivity index (χ0n) is 15.8. The summed E-state index contributed by atoms with van der Waals surface area (Å²) in [6.45, 7) is 5.69. The first kappa shape index (κ1) is 18.5. The highest BCUT2D eigenvalue weighted by Crippen LogP contribution is 2.29. The van der Waals surface area contributed by atoms with Gasteiger partial charge in [-0.15, -0.1) is 0 Å². The summed E-state index contributed by atoms with van der Waals surface area (Å²) in [6.07, 6.45) is 0. The van der Waals surface area contributed by atoms with E-state index in [9.17, 15) is 9.59 Å². The molecule has 0 unspecified atom stereocenters. The fourth-order valence-electron chi connectivity index (χ4n) is 3.29. The Morgan fingerprint density at radius 3 is 2.26 bits per heavy atom. The van der Waals surface area contributed by atoms with Crippen molar-refractivity contribution in [2.75, 3.05) is 12.4 Å². The molecule has 2 aromatic rings. The molecule has 0 aromatic heterocycles. The van der Waals surface area contributed by atoms with Crippen molar-refractivity contribution in [3.05, 3.63) is 70.4 Å². The minimum Gasteiger partial charge on any atom is -0.497 e. The molecular formula is C21H23N3O3. The predicted molar refractivity (Wildman–Crippen MR) is 105 cm³/mol. The second-order valence-corrected chi connectivity index (χ2v) is 6.67. The number of nitrogens with one attached hydrogen (secondary N) is 3. The van der Waals surface area contributed by atoms with Crippen LogP contribution in [0, 0.1) is 13.8 Å². The molecule has 1 heterocycles. The molecule has 3 N–H and O–H groups in total. The Bertz CT molecular complexity index is 897. The molecule has 1 atom stereocenters. The van der Waals surface area contributed by atoms with Gasteiger partial charge in [-0.05, 0) is 61.7 Å². The van der Waals surface area contributed by atoms with Gasteiger partial charge in [0.15, 0.2) is 0 Å². The van der Waals surface area contributed by atoms with E-state index in [0.717, 1.165) is 22.4 Å². The number of carbonyl (C=O) groups is 2. The molecule has 0 bridgehead atoms. The van der Waals surface area contributed by atoms with Crippen LogP contribution in [-0.4, -0.2) is 19.0 Å². The van der Waals surface area contributed by atoms with Crippen LogP contribution in [0.25, 0.3) is 0 Å². The maximum atomic E-state index is 13.0. The van der Waals surface area contributed by atoms with E-state index in [2.05, 4.69) is 16.0 Å². The van der Waals surface area contributed by atoms with Gasteiger partial charge in [-0.2, -0.15) is 0 Å². The Kier molecular flexibility index (Phi) is 5.16. The third-order valence-corrected chi connectivity index (χ3v) is 4.44. The molecule has 3 amide bonds. The van der Waals surface area contributed by atoms with Crippen LogP contribution in [0.5, 0.6) is 5.75 Å². The molecule has 140 valence electrons. The van der Waals surface area contributed by atoms with Crippen molar-refractivity contribution in [2.45, 2.75) is 26.8 Å². The minimum atomic E-state index is -0.546. The van der Waals surface area contributed by atoms with Gasteiger partial charge in [0.05, 0.1) is 18.7 Å². The molecule has 0 spiro atoms. The molecular weight excluding hydrogens is 342 g/mol. The summed E-state index contributed by atoms with van der Waals surface area (Å²) in [5.74, 6) is 0.451. The normalized spacial score (nSPS) is 16.4. The van der Waals surface area contributed by atoms with Crippen LogP contribution in [0.2, 0.25) is 0 Å². The second kappa shape index (κ2) is 7.53. The lowest BCUT2D eigenvalue weighted by atomic mass is 9.94. The van der Waals surface area contributed by atoms with Gasteiger partial charge in [-0.1, -0.05) is 18.2 Å². The number of ether oxygens (including phenoxy) is 1. The van der Waals surface area contributed by atoms with Crippen molar-refractivity contribution in [1.29, 1.82) is 0 Å². The second-order valence-electron chi connectivity index (χ2n) is 6.67. The van der Waals surface area contributed by atoms with Crippen molar-refractivity contribution in [3.8, 4) is 5.75 Å². The van der Waals surface area contributed by atoms with Crippen LogP contribution in [0.1, 0.15) is 29.7 Å². The molecule has 0 saturated heterocycles. The van der Waals surface area contributed by atoms with E-state index in [1.54, 1.807) is 26.2 Å². The van der Waals surface area contributed by atoms with E-state index in [0.29, 0.717) is 17.0 Å². The van der Waals surface area contributed by atoms with Crippen LogP contribution < -0.4 is 20.7 Å². The van der Waals surface area contributed by atoms with E-state index in [1.165, 1.54) is 0 Å². The lowest BCUT2D eigenvalue weighted by molar-refractivity contribution is -0.113. The first-order chi connectivity index (χ1) is 12.9. The van der Waals surface area contributed by atoms with Crippen molar-refractivity contribution in [3.63, 3.8) is 0 Å². The minimum absolute atomic E-state index is 0.259. The lowest BCUT2D eigenvalue weighted by Gasteiger charge is -2.28. The van der Waals surface area contributed by atoms with Gasteiger partial charge >= 0.3 is 6.03 Å². The zero-order chi connectivity index (χ0) is 19.6. The van der Waals surface area contributed by atoms with Crippen LogP contribution in [0.15, 0.2) is 53.7 Å². The first-order valence-corrected chi connectivity index (χ1v) is 8.69. The predicted octanol–water partition coefficient (Wildman–Crippen LogP) is 3.58. The molecule has 1 aliphatic rings. The number of methoxy groups -OCH3 is 1. The molecule has 0 aliphatic carbocycles. The molecule has 0 fully saturated rings. The monoisotopic (exact) mass is 365 g/mol. The summed E-state index contributed by atoms with van der Waals surface area (Å²) in [6, 6.07) is 12.3. The van der Waals surface area contributed by atoms with E-state index in [4.69, 9.17) is 4.74 Å². The Morgan fingerprint density at radius 1 is 1.04 bits per heavy atom. The standard InChI is InChI=1S/C21H23N3O3/c1-12-9-13(2)11-16(10-12)23-20(25)18-14(3)22-21(26)24-19(18)15-5-7-17(27-4)8-6-15/h5-11,19H,1-4H3,(H,23,25)(H2,22,24,26)/t19-/m1/s1.